The number of aliphatic hydroxyl groups is 1. The van der Waals surface area contributed by atoms with Gasteiger partial charge in [0.15, 0.2) is 17.3 Å². The van der Waals surface area contributed by atoms with Crippen LogP contribution in [0.1, 0.15) is 22.5 Å². The van der Waals surface area contributed by atoms with Crippen molar-refractivity contribution in [1.82, 2.24) is 15.3 Å². The van der Waals surface area contributed by atoms with E-state index in [4.69, 9.17) is 11.5 Å². The molecule has 10 nitrogen and oxygen atoms in total. The maximum Gasteiger partial charge on any atom is 0.199 e. The summed E-state index contributed by atoms with van der Waals surface area (Å²) in [6.07, 6.45) is 2.68. The summed E-state index contributed by atoms with van der Waals surface area (Å²) in [5, 5.41) is 33.3. The lowest BCUT2D eigenvalue weighted by molar-refractivity contribution is 0.280. The topological polar surface area (TPSA) is 169 Å². The lowest BCUT2D eigenvalue weighted by Crippen LogP contribution is -2.15. The van der Waals surface area contributed by atoms with Crippen molar-refractivity contribution in [1.29, 1.82) is 0 Å². The fraction of sp³-hybridized carbons (Fsp3) is 0.182. The molecule has 0 amide bonds. The molecule has 0 saturated heterocycles. The second-order valence-electron chi connectivity index (χ2n) is 4.02. The number of hydrogen-bond acceptors (Lipinski definition) is 9. The molecule has 0 unspecified atom stereocenters. The average molecular weight is 291 g/mol. The van der Waals surface area contributed by atoms with Crippen LogP contribution in [0, 0.1) is 6.92 Å². The van der Waals surface area contributed by atoms with Crippen molar-refractivity contribution in [3.05, 3.63) is 28.7 Å². The molecule has 0 spiro atoms. The smallest absolute Gasteiger partial charge is 0.199 e. The lowest BCUT2D eigenvalue weighted by Gasteiger charge is -2.06. The highest BCUT2D eigenvalue weighted by molar-refractivity contribution is 5.99. The molecular formula is C11H13N7O3. The number of aliphatic hydroxyl groups excluding tert-OH is 1. The van der Waals surface area contributed by atoms with E-state index in [1.807, 2.05) is 0 Å². The molecule has 2 aromatic heterocycles. The van der Waals surface area contributed by atoms with Crippen molar-refractivity contribution in [2.24, 2.45) is 15.9 Å². The number of pyridine rings is 1. The van der Waals surface area contributed by atoms with E-state index in [-0.39, 0.29) is 29.7 Å². The van der Waals surface area contributed by atoms with Crippen LogP contribution in [0.25, 0.3) is 0 Å². The maximum absolute atomic E-state index is 9.90. The second-order valence-corrected chi connectivity index (χ2v) is 4.02. The molecule has 10 heteroatoms. The number of aromatic nitrogens is 3. The van der Waals surface area contributed by atoms with Gasteiger partial charge in [0, 0.05) is 17.3 Å². The molecular weight excluding hydrogens is 278 g/mol. The van der Waals surface area contributed by atoms with Crippen molar-refractivity contribution >= 4 is 17.9 Å². The summed E-state index contributed by atoms with van der Waals surface area (Å²) in [7, 11) is 0. The molecule has 21 heavy (non-hydrogen) atoms. The number of hydrogen-bond donors (Lipinski definition) is 4. The highest BCUT2D eigenvalue weighted by Gasteiger charge is 2.11. The fourth-order valence-electron chi connectivity index (χ4n) is 1.49. The zero-order valence-electron chi connectivity index (χ0n) is 11.1. The lowest BCUT2D eigenvalue weighted by atomic mass is 10.1. The molecule has 0 fully saturated rings. The van der Waals surface area contributed by atoms with Crippen LogP contribution < -0.4 is 11.5 Å². The molecule has 0 aliphatic heterocycles. The third kappa shape index (κ3) is 2.95. The Balaban J connectivity index is 2.30. The van der Waals surface area contributed by atoms with Crippen molar-refractivity contribution in [3.63, 3.8) is 0 Å². The first-order valence-electron chi connectivity index (χ1n) is 5.77. The van der Waals surface area contributed by atoms with Gasteiger partial charge in [0.2, 0.25) is 0 Å². The first-order chi connectivity index (χ1) is 10.0. The number of nitrogens with zero attached hydrogens (tertiary/aromatic N) is 5. The average Bonchev–Trinajstić information content (AvgIpc) is 2.89. The summed E-state index contributed by atoms with van der Waals surface area (Å²) in [6, 6.07) is 0. The highest BCUT2D eigenvalue weighted by atomic mass is 16.6. The Hall–Kier alpha value is -3.01. The van der Waals surface area contributed by atoms with Crippen molar-refractivity contribution in [2.75, 3.05) is 5.73 Å². The standard InChI is InChI=1S/C11H13N7O3/c1-5-9(20)7(6(4-19)2-14-5)3-15-16-10(12)8-11(13)18-21-17-8/h2-3,19-20H,4H2,1H3,(H2,12,16)(H2,13,18)/b15-3-. The number of aryl methyl sites for hydroxylation is 1. The Labute approximate surface area is 118 Å². The number of anilines is 1. The quantitative estimate of drug-likeness (QED) is 0.325. The molecule has 110 valence electrons. The van der Waals surface area contributed by atoms with E-state index < -0.39 is 0 Å². The number of aromatic hydroxyl groups is 1. The van der Waals surface area contributed by atoms with Gasteiger partial charge in [-0.3, -0.25) is 4.98 Å². The van der Waals surface area contributed by atoms with Gasteiger partial charge in [0.1, 0.15) is 5.75 Å². The van der Waals surface area contributed by atoms with Gasteiger partial charge in [-0.25, -0.2) is 4.63 Å². The summed E-state index contributed by atoms with van der Waals surface area (Å²) in [4.78, 5) is 3.93. The molecule has 0 aromatic carbocycles. The third-order valence-corrected chi connectivity index (χ3v) is 2.64. The van der Waals surface area contributed by atoms with E-state index in [0.29, 0.717) is 16.8 Å². The Morgan fingerprint density at radius 1 is 1.48 bits per heavy atom. The molecule has 2 aromatic rings. The molecule has 0 aliphatic carbocycles. The minimum absolute atomic E-state index is 0.00917. The van der Waals surface area contributed by atoms with Gasteiger partial charge in [-0.15, -0.1) is 5.10 Å². The van der Waals surface area contributed by atoms with Crippen LogP contribution in [-0.2, 0) is 6.61 Å². The third-order valence-electron chi connectivity index (χ3n) is 2.64. The predicted molar refractivity (Wildman–Crippen MR) is 73.6 cm³/mol. The maximum atomic E-state index is 9.90. The van der Waals surface area contributed by atoms with E-state index in [1.54, 1.807) is 6.92 Å². The predicted octanol–water partition coefficient (Wildman–Crippen LogP) is -0.707. The van der Waals surface area contributed by atoms with Crippen LogP contribution in [0.15, 0.2) is 21.0 Å². The molecule has 0 radical (unpaired) electrons. The number of amidine groups is 1. The molecule has 0 atom stereocenters. The molecule has 0 aliphatic rings. The number of nitrogen functional groups attached to an aromatic ring is 1. The number of nitrogens with two attached hydrogens (primary N) is 2. The Kier molecular flexibility index (Phi) is 4.09. The normalized spacial score (nSPS) is 12.2. The van der Waals surface area contributed by atoms with Crippen LogP contribution in [0.4, 0.5) is 5.82 Å². The van der Waals surface area contributed by atoms with Gasteiger partial charge in [-0.1, -0.05) is 0 Å². The summed E-state index contributed by atoms with van der Waals surface area (Å²) in [6.45, 7) is 1.31. The largest absolute Gasteiger partial charge is 0.505 e. The van der Waals surface area contributed by atoms with Crippen LogP contribution in [-0.4, -0.2) is 37.6 Å². The SMILES string of the molecule is Cc1ncc(CO)c(/C=N\N=C(\N)c2nonc2N)c1O. The Bertz CT molecular complexity index is 708. The monoisotopic (exact) mass is 291 g/mol. The summed E-state index contributed by atoms with van der Waals surface area (Å²) < 4.78 is 4.38. The van der Waals surface area contributed by atoms with Gasteiger partial charge < -0.3 is 21.7 Å². The van der Waals surface area contributed by atoms with Crippen LogP contribution in [0.5, 0.6) is 5.75 Å². The van der Waals surface area contributed by atoms with Crippen molar-refractivity contribution < 1.29 is 14.8 Å². The summed E-state index contributed by atoms with van der Waals surface area (Å²) in [5.41, 5.74) is 12.2. The summed E-state index contributed by atoms with van der Waals surface area (Å²) >= 11 is 0. The zero-order chi connectivity index (χ0) is 15.4. The second kappa shape index (κ2) is 5.96. The van der Waals surface area contributed by atoms with E-state index >= 15 is 0 Å². The summed E-state index contributed by atoms with van der Waals surface area (Å²) in [5.74, 6) is -0.201. The van der Waals surface area contributed by atoms with Crippen molar-refractivity contribution in [3.8, 4) is 5.75 Å². The Morgan fingerprint density at radius 2 is 2.24 bits per heavy atom. The van der Waals surface area contributed by atoms with Crippen molar-refractivity contribution in [2.45, 2.75) is 13.5 Å². The minimum atomic E-state index is -0.304. The van der Waals surface area contributed by atoms with Gasteiger partial charge >= 0.3 is 0 Å². The highest BCUT2D eigenvalue weighted by Crippen LogP contribution is 2.21. The van der Waals surface area contributed by atoms with Gasteiger partial charge in [0.05, 0.1) is 18.5 Å². The molecule has 0 bridgehead atoms. The van der Waals surface area contributed by atoms with Crippen LogP contribution in [0.2, 0.25) is 0 Å². The van der Waals surface area contributed by atoms with E-state index in [2.05, 4.69) is 30.1 Å². The minimum Gasteiger partial charge on any atom is -0.505 e. The van der Waals surface area contributed by atoms with E-state index in [0.717, 1.165) is 0 Å². The Morgan fingerprint density at radius 3 is 2.86 bits per heavy atom. The first kappa shape index (κ1) is 14.4. The molecule has 2 rings (SSSR count). The van der Waals surface area contributed by atoms with Gasteiger partial charge in [-0.05, 0) is 17.2 Å². The molecule has 2 heterocycles. The van der Waals surface area contributed by atoms with E-state index in [1.165, 1.54) is 12.4 Å². The van der Waals surface area contributed by atoms with E-state index in [9.17, 15) is 10.2 Å². The molecule has 0 saturated carbocycles. The zero-order valence-corrected chi connectivity index (χ0v) is 11.1. The van der Waals surface area contributed by atoms with Crippen LogP contribution >= 0.6 is 0 Å². The fourth-order valence-corrected chi connectivity index (χ4v) is 1.49. The first-order valence-corrected chi connectivity index (χ1v) is 5.77. The van der Waals surface area contributed by atoms with Gasteiger partial charge in [-0.2, -0.15) is 5.10 Å². The van der Waals surface area contributed by atoms with Gasteiger partial charge in [0.25, 0.3) is 0 Å². The van der Waals surface area contributed by atoms with Crippen LogP contribution in [0.3, 0.4) is 0 Å². The number of rotatable bonds is 4. The molecule has 6 N–H and O–H groups in total.